The average molecular weight is 436 g/mol. The quantitative estimate of drug-likeness (QED) is 0.426. The minimum absolute atomic E-state index is 0.331. The van der Waals surface area contributed by atoms with Crippen LogP contribution >= 0.6 is 34.7 Å². The van der Waals surface area contributed by atoms with Gasteiger partial charge in [0.15, 0.2) is 5.82 Å². The summed E-state index contributed by atoms with van der Waals surface area (Å²) in [6, 6.07) is 7.11. The highest BCUT2D eigenvalue weighted by atomic mass is 35.5. The van der Waals surface area contributed by atoms with E-state index < -0.39 is 0 Å². The van der Waals surface area contributed by atoms with Crippen LogP contribution in [-0.2, 0) is 0 Å². The predicted molar refractivity (Wildman–Crippen MR) is 114 cm³/mol. The van der Waals surface area contributed by atoms with Gasteiger partial charge in [0.2, 0.25) is 0 Å². The number of methoxy groups -OCH3 is 2. The second-order valence-corrected chi connectivity index (χ2v) is 7.79. The highest BCUT2D eigenvalue weighted by molar-refractivity contribution is 7.98. The number of thioether (sulfide) groups is 1. The lowest BCUT2D eigenvalue weighted by Gasteiger charge is -2.15. The van der Waals surface area contributed by atoms with Crippen LogP contribution < -0.4 is 14.8 Å². The van der Waals surface area contributed by atoms with Crippen LogP contribution in [0.5, 0.6) is 11.5 Å². The molecule has 2 aromatic heterocycles. The fourth-order valence-electron chi connectivity index (χ4n) is 2.61. The summed E-state index contributed by atoms with van der Waals surface area (Å²) in [6.45, 7) is 1.80. The molecule has 9 heteroatoms. The molecule has 6 nitrogen and oxygen atoms in total. The predicted octanol–water partition coefficient (Wildman–Crippen LogP) is 5.16. The van der Waals surface area contributed by atoms with E-state index in [0.29, 0.717) is 44.3 Å². The van der Waals surface area contributed by atoms with E-state index in [2.05, 4.69) is 15.3 Å². The van der Waals surface area contributed by atoms with Crippen LogP contribution in [0.3, 0.4) is 0 Å². The molecular formula is C19H18ClN3O3S2. The van der Waals surface area contributed by atoms with Crippen molar-refractivity contribution in [3.05, 3.63) is 45.9 Å². The summed E-state index contributed by atoms with van der Waals surface area (Å²) in [7, 11) is 3.01. The summed E-state index contributed by atoms with van der Waals surface area (Å²) in [6.07, 6.45) is 1.88. The molecule has 146 valence electrons. The molecule has 0 radical (unpaired) electrons. The van der Waals surface area contributed by atoms with Gasteiger partial charge in [-0.3, -0.25) is 4.79 Å². The van der Waals surface area contributed by atoms with Crippen molar-refractivity contribution in [1.29, 1.82) is 0 Å². The van der Waals surface area contributed by atoms with Crippen LogP contribution in [0.4, 0.5) is 5.69 Å². The van der Waals surface area contributed by atoms with Gasteiger partial charge in [-0.2, -0.15) is 0 Å². The molecule has 1 amide bonds. The molecular weight excluding hydrogens is 418 g/mol. The molecule has 0 aliphatic rings. The van der Waals surface area contributed by atoms with Crippen LogP contribution in [0.1, 0.15) is 16.1 Å². The van der Waals surface area contributed by atoms with E-state index in [4.69, 9.17) is 21.1 Å². The van der Waals surface area contributed by atoms with E-state index >= 15 is 0 Å². The first-order valence-corrected chi connectivity index (χ1v) is 10.7. The van der Waals surface area contributed by atoms with Gasteiger partial charge in [-0.25, -0.2) is 9.97 Å². The number of rotatable bonds is 6. The number of halogens is 1. The van der Waals surface area contributed by atoms with Crippen molar-refractivity contribution in [3.63, 3.8) is 0 Å². The zero-order valence-electron chi connectivity index (χ0n) is 15.7. The van der Waals surface area contributed by atoms with Gasteiger partial charge < -0.3 is 14.8 Å². The number of benzene rings is 1. The Hall–Kier alpha value is -2.29. The summed E-state index contributed by atoms with van der Waals surface area (Å²) in [5.74, 6) is 1.14. The molecule has 0 fully saturated rings. The van der Waals surface area contributed by atoms with Crippen molar-refractivity contribution in [2.24, 2.45) is 0 Å². The number of amides is 1. The topological polar surface area (TPSA) is 73.3 Å². The maximum Gasteiger partial charge on any atom is 0.260 e. The molecule has 0 saturated heterocycles. The molecule has 0 aliphatic heterocycles. The first-order valence-electron chi connectivity index (χ1n) is 8.17. The third-order valence-electron chi connectivity index (χ3n) is 3.94. The number of aromatic nitrogens is 2. The molecule has 3 rings (SSSR count). The van der Waals surface area contributed by atoms with Crippen molar-refractivity contribution in [1.82, 2.24) is 9.97 Å². The minimum atomic E-state index is -0.331. The Morgan fingerprint density at radius 1 is 1.21 bits per heavy atom. The lowest BCUT2D eigenvalue weighted by Crippen LogP contribution is -2.17. The van der Waals surface area contributed by atoms with Gasteiger partial charge in [0, 0.05) is 12.1 Å². The van der Waals surface area contributed by atoms with E-state index in [1.165, 1.54) is 26.0 Å². The smallest absolute Gasteiger partial charge is 0.260 e. The first kappa shape index (κ1) is 20.4. The number of ether oxygens (including phenoxy) is 2. The van der Waals surface area contributed by atoms with E-state index in [9.17, 15) is 4.79 Å². The third-order valence-corrected chi connectivity index (χ3v) is 5.78. The number of carbonyl (C=O) groups is 1. The van der Waals surface area contributed by atoms with Crippen molar-refractivity contribution in [3.8, 4) is 22.2 Å². The van der Waals surface area contributed by atoms with Crippen LogP contribution in [0.15, 0.2) is 34.7 Å². The number of hydrogen-bond donors (Lipinski definition) is 1. The number of aryl methyl sites for hydroxylation is 1. The molecule has 0 spiro atoms. The fourth-order valence-corrected chi connectivity index (χ4v) is 4.13. The van der Waals surface area contributed by atoms with Gasteiger partial charge in [0.25, 0.3) is 5.91 Å². The van der Waals surface area contributed by atoms with Crippen molar-refractivity contribution in [2.45, 2.75) is 11.9 Å². The van der Waals surface area contributed by atoms with Gasteiger partial charge in [0.1, 0.15) is 16.5 Å². The zero-order valence-corrected chi connectivity index (χ0v) is 18.1. The summed E-state index contributed by atoms with van der Waals surface area (Å²) in [5, 5.41) is 5.82. The molecule has 3 aromatic rings. The van der Waals surface area contributed by atoms with Crippen molar-refractivity contribution < 1.29 is 14.3 Å². The number of nitrogens with zero attached hydrogens (tertiary/aromatic N) is 2. The molecule has 1 N–H and O–H groups in total. The molecule has 0 bridgehead atoms. The third kappa shape index (κ3) is 4.09. The second-order valence-electron chi connectivity index (χ2n) is 5.64. The van der Waals surface area contributed by atoms with E-state index in [0.717, 1.165) is 4.88 Å². The van der Waals surface area contributed by atoms with E-state index in [1.807, 2.05) is 23.8 Å². The standard InChI is InChI=1S/C19H18ClN3O3S2/c1-10-16(19(27-4)23-17(21-10)15-6-5-7-28-15)18(24)22-12-9-13(25-2)11(20)8-14(12)26-3/h5-9H,1-4H3,(H,22,24). The Labute approximate surface area is 176 Å². The van der Waals surface area contributed by atoms with Crippen LogP contribution in [0.2, 0.25) is 5.02 Å². The van der Waals surface area contributed by atoms with Gasteiger partial charge in [-0.1, -0.05) is 17.7 Å². The first-order chi connectivity index (χ1) is 13.5. The zero-order chi connectivity index (χ0) is 20.3. The fraction of sp³-hybridized carbons (Fsp3) is 0.211. The number of anilines is 1. The highest BCUT2D eigenvalue weighted by Gasteiger charge is 2.21. The summed E-state index contributed by atoms with van der Waals surface area (Å²) in [5.41, 5.74) is 1.46. The second kappa shape index (κ2) is 8.81. The molecule has 1 aromatic carbocycles. The van der Waals surface area contributed by atoms with Crippen LogP contribution in [-0.4, -0.2) is 36.4 Å². The van der Waals surface area contributed by atoms with E-state index in [1.54, 1.807) is 30.4 Å². The number of carbonyl (C=O) groups excluding carboxylic acids is 1. The Morgan fingerprint density at radius 3 is 2.57 bits per heavy atom. The van der Waals surface area contributed by atoms with Gasteiger partial charge >= 0.3 is 0 Å². The highest BCUT2D eigenvalue weighted by Crippen LogP contribution is 2.36. The molecule has 0 saturated carbocycles. The number of nitrogens with one attached hydrogen (secondary N) is 1. The molecule has 0 unspecified atom stereocenters. The normalized spacial score (nSPS) is 10.6. The maximum absolute atomic E-state index is 13.0. The lowest BCUT2D eigenvalue weighted by molar-refractivity contribution is 0.102. The summed E-state index contributed by atoms with van der Waals surface area (Å²) >= 11 is 9.08. The lowest BCUT2D eigenvalue weighted by atomic mass is 10.2. The summed E-state index contributed by atoms with van der Waals surface area (Å²) < 4.78 is 10.6. The minimum Gasteiger partial charge on any atom is -0.495 e. The SMILES string of the molecule is COc1cc(NC(=O)c2c(C)nc(-c3cccs3)nc2SC)c(OC)cc1Cl. The number of thiophene rings is 1. The molecule has 2 heterocycles. The Balaban J connectivity index is 1.99. The largest absolute Gasteiger partial charge is 0.495 e. The van der Waals surface area contributed by atoms with Crippen molar-refractivity contribution in [2.75, 3.05) is 25.8 Å². The van der Waals surface area contributed by atoms with Crippen molar-refractivity contribution >= 4 is 46.3 Å². The molecule has 28 heavy (non-hydrogen) atoms. The summed E-state index contributed by atoms with van der Waals surface area (Å²) in [4.78, 5) is 23.1. The maximum atomic E-state index is 13.0. The Kier molecular flexibility index (Phi) is 6.43. The van der Waals surface area contributed by atoms with Crippen LogP contribution in [0, 0.1) is 6.92 Å². The Bertz CT molecular complexity index is 1010. The average Bonchev–Trinajstić information content (AvgIpc) is 3.22. The van der Waals surface area contributed by atoms with Crippen LogP contribution in [0.25, 0.3) is 10.7 Å². The monoisotopic (exact) mass is 435 g/mol. The van der Waals surface area contributed by atoms with E-state index in [-0.39, 0.29) is 5.91 Å². The van der Waals surface area contributed by atoms with Gasteiger partial charge in [-0.15, -0.1) is 23.1 Å². The van der Waals surface area contributed by atoms with Gasteiger partial charge in [0.05, 0.1) is 41.1 Å². The molecule has 0 atom stereocenters. The Morgan fingerprint density at radius 2 is 1.96 bits per heavy atom. The number of hydrogen-bond acceptors (Lipinski definition) is 7. The molecule has 0 aliphatic carbocycles. The van der Waals surface area contributed by atoms with Gasteiger partial charge in [-0.05, 0) is 24.6 Å².